The molecule has 2 aliphatic heterocycles. The van der Waals surface area contributed by atoms with Gasteiger partial charge in [-0.1, -0.05) is 127 Å². The van der Waals surface area contributed by atoms with E-state index in [1.54, 1.807) is 0 Å². The minimum atomic E-state index is 0.0230. The quantitative estimate of drug-likeness (QED) is 0.157. The molecule has 5 heteroatoms. The van der Waals surface area contributed by atoms with Crippen LogP contribution in [-0.4, -0.2) is 6.71 Å². The van der Waals surface area contributed by atoms with Crippen LogP contribution < -0.4 is 31.1 Å². The first kappa shape index (κ1) is 36.1. The second kappa shape index (κ2) is 13.8. The Morgan fingerprint density at radius 3 is 1.58 bits per heavy atom. The molecule has 0 fully saturated rings. The van der Waals surface area contributed by atoms with Crippen molar-refractivity contribution in [2.24, 2.45) is 0 Å². The van der Waals surface area contributed by atoms with Crippen LogP contribution >= 0.6 is 0 Å². The summed E-state index contributed by atoms with van der Waals surface area (Å²) in [5, 5.41) is 2.21. The summed E-state index contributed by atoms with van der Waals surface area (Å²) >= 11 is 0. The van der Waals surface area contributed by atoms with E-state index in [0.29, 0.717) is 5.92 Å². The van der Waals surface area contributed by atoms with Gasteiger partial charge in [-0.15, -0.1) is 0 Å². The van der Waals surface area contributed by atoms with E-state index in [0.717, 1.165) is 61.8 Å². The molecule has 0 saturated heterocycles. The number of hydrogen-bond acceptors (Lipinski definition) is 4. The molecular weight excluding hydrogens is 729 g/mol. The molecule has 290 valence electrons. The monoisotopic (exact) mass is 775 g/mol. The Morgan fingerprint density at radius 1 is 0.483 bits per heavy atom. The third kappa shape index (κ3) is 5.67. The van der Waals surface area contributed by atoms with E-state index in [9.17, 15) is 0 Å². The third-order valence-electron chi connectivity index (χ3n) is 12.6. The Hall–Kier alpha value is -6.98. The molecule has 0 amide bonds. The van der Waals surface area contributed by atoms with Crippen LogP contribution in [0.3, 0.4) is 0 Å². The van der Waals surface area contributed by atoms with E-state index >= 15 is 0 Å². The van der Waals surface area contributed by atoms with Gasteiger partial charge in [0.25, 0.3) is 6.71 Å². The molecule has 1 aromatic heterocycles. The van der Waals surface area contributed by atoms with Crippen LogP contribution in [0.15, 0.2) is 168 Å². The lowest BCUT2D eigenvalue weighted by Crippen LogP contribution is -2.61. The van der Waals surface area contributed by atoms with Gasteiger partial charge in [-0.25, -0.2) is 0 Å². The van der Waals surface area contributed by atoms with Crippen LogP contribution in [0.25, 0.3) is 21.9 Å². The fraction of sp³-hybridized carbons (Fsp3) is 0.127. The summed E-state index contributed by atoms with van der Waals surface area (Å²) in [4.78, 5) is 7.42. The third-order valence-corrected chi connectivity index (χ3v) is 12.6. The summed E-state index contributed by atoms with van der Waals surface area (Å²) < 4.78 is 6.82. The molecule has 8 aromatic carbocycles. The summed E-state index contributed by atoms with van der Waals surface area (Å²) in [6, 6.07) is 60.9. The van der Waals surface area contributed by atoms with Crippen molar-refractivity contribution in [2.75, 3.05) is 14.7 Å². The molecule has 11 rings (SSSR count). The average molecular weight is 776 g/mol. The molecule has 0 aliphatic carbocycles. The summed E-state index contributed by atoms with van der Waals surface area (Å²) in [6.45, 7) is 13.3. The molecule has 3 heterocycles. The lowest BCUT2D eigenvalue weighted by Gasteiger charge is -2.45. The van der Waals surface area contributed by atoms with Crippen molar-refractivity contribution in [1.29, 1.82) is 0 Å². The first-order chi connectivity index (χ1) is 29.2. The predicted molar refractivity (Wildman–Crippen MR) is 255 cm³/mol. The first-order valence-corrected chi connectivity index (χ1v) is 21.1. The molecule has 0 radical (unpaired) electrons. The fourth-order valence-corrected chi connectivity index (χ4v) is 9.65. The molecule has 0 saturated carbocycles. The minimum absolute atomic E-state index is 0.0230. The van der Waals surface area contributed by atoms with E-state index in [4.69, 9.17) is 4.42 Å². The highest BCUT2D eigenvalue weighted by Crippen LogP contribution is 2.49. The van der Waals surface area contributed by atoms with Gasteiger partial charge in [-0.05, 0) is 128 Å². The van der Waals surface area contributed by atoms with Gasteiger partial charge in [-0.3, -0.25) is 0 Å². The molecule has 4 nitrogen and oxygen atoms in total. The zero-order valence-electron chi connectivity index (χ0n) is 35.0. The molecule has 2 aliphatic rings. The lowest BCUT2D eigenvalue weighted by atomic mass is 9.33. The molecule has 0 unspecified atom stereocenters. The Morgan fingerprint density at radius 2 is 1.02 bits per heavy atom. The summed E-state index contributed by atoms with van der Waals surface area (Å²) in [7, 11) is 0. The van der Waals surface area contributed by atoms with Crippen molar-refractivity contribution in [3.05, 3.63) is 192 Å². The van der Waals surface area contributed by atoms with Crippen LogP contribution in [-0.2, 0) is 0 Å². The van der Waals surface area contributed by atoms with Gasteiger partial charge in [0, 0.05) is 50.6 Å². The summed E-state index contributed by atoms with van der Waals surface area (Å²) in [5.41, 5.74) is 22.1. The smallest absolute Gasteiger partial charge is 0.252 e. The first-order valence-electron chi connectivity index (χ1n) is 21.1. The van der Waals surface area contributed by atoms with Crippen LogP contribution in [0.1, 0.15) is 47.6 Å². The van der Waals surface area contributed by atoms with Gasteiger partial charge in [0.1, 0.15) is 5.58 Å². The predicted octanol–water partition coefficient (Wildman–Crippen LogP) is 13.5. The van der Waals surface area contributed by atoms with Crippen molar-refractivity contribution >= 4 is 96.2 Å². The minimum Gasteiger partial charge on any atom is -0.454 e. The van der Waals surface area contributed by atoms with E-state index in [1.807, 2.05) is 0 Å². The van der Waals surface area contributed by atoms with E-state index in [2.05, 4.69) is 220 Å². The highest BCUT2D eigenvalue weighted by molar-refractivity contribution is 7.00. The average Bonchev–Trinajstić information content (AvgIpc) is 3.64. The topological polar surface area (TPSA) is 22.9 Å². The van der Waals surface area contributed by atoms with Crippen LogP contribution in [0.2, 0.25) is 0 Å². The number of rotatable bonds is 6. The fourth-order valence-electron chi connectivity index (χ4n) is 9.65. The number of benzene rings is 8. The van der Waals surface area contributed by atoms with E-state index in [1.165, 1.54) is 55.6 Å². The Bertz CT molecular complexity index is 3000. The molecule has 0 bridgehead atoms. The van der Waals surface area contributed by atoms with Crippen LogP contribution in [0.4, 0.5) is 51.2 Å². The number of nitrogens with zero attached hydrogens (tertiary/aromatic N) is 3. The number of fused-ring (bicyclic) bond motifs is 7. The maximum atomic E-state index is 6.82. The largest absolute Gasteiger partial charge is 0.454 e. The maximum Gasteiger partial charge on any atom is 0.252 e. The molecule has 0 spiro atoms. The van der Waals surface area contributed by atoms with Gasteiger partial charge in [0.2, 0.25) is 0 Å². The standard InChI is InChI=1S/C55H46BN3O/c1-34(2)39-20-26-40(27-21-39)57(50-12-9-11-45-44-10-7-8-13-53(44)60-55(45)50)43-32-51-54-52(33-43)59(42-24-16-36(4)17-25-42)49-29-19-38(6)31-47(49)56(54)46-30-37(5)18-28-48(46)58(51)41-22-14-35(3)15-23-41/h7-34H,1-6H3. The number of furan rings is 1. The molecule has 0 atom stereocenters. The number of hydrogen-bond donors (Lipinski definition) is 0. The normalized spacial score (nSPS) is 12.9. The van der Waals surface area contributed by atoms with Crippen molar-refractivity contribution in [3.8, 4) is 0 Å². The van der Waals surface area contributed by atoms with Crippen molar-refractivity contribution < 1.29 is 4.42 Å². The zero-order chi connectivity index (χ0) is 40.8. The zero-order valence-corrected chi connectivity index (χ0v) is 35.0. The highest BCUT2D eigenvalue weighted by Gasteiger charge is 2.44. The Labute approximate surface area is 353 Å². The number of aryl methyl sites for hydroxylation is 4. The Kier molecular flexibility index (Phi) is 8.32. The van der Waals surface area contributed by atoms with Crippen molar-refractivity contribution in [1.82, 2.24) is 0 Å². The van der Waals surface area contributed by atoms with Crippen molar-refractivity contribution in [2.45, 2.75) is 47.5 Å². The summed E-state index contributed by atoms with van der Waals surface area (Å²) in [5.74, 6) is 0.412. The second-order valence-electron chi connectivity index (χ2n) is 17.1. The maximum absolute atomic E-state index is 6.82. The van der Waals surface area contributed by atoms with E-state index in [-0.39, 0.29) is 6.71 Å². The number of para-hydroxylation sites is 2. The molecule has 60 heavy (non-hydrogen) atoms. The molecule has 0 N–H and O–H groups in total. The lowest BCUT2D eigenvalue weighted by molar-refractivity contribution is 0.669. The van der Waals surface area contributed by atoms with Crippen molar-refractivity contribution in [3.63, 3.8) is 0 Å². The van der Waals surface area contributed by atoms with E-state index < -0.39 is 0 Å². The van der Waals surface area contributed by atoms with Gasteiger partial charge in [0.15, 0.2) is 5.58 Å². The Balaban J connectivity index is 1.27. The van der Waals surface area contributed by atoms with Gasteiger partial charge in [-0.2, -0.15) is 0 Å². The van der Waals surface area contributed by atoms with Gasteiger partial charge < -0.3 is 19.1 Å². The second-order valence-corrected chi connectivity index (χ2v) is 17.1. The summed E-state index contributed by atoms with van der Waals surface area (Å²) in [6.07, 6.45) is 0. The van der Waals surface area contributed by atoms with Gasteiger partial charge >= 0.3 is 0 Å². The number of anilines is 9. The molecule has 9 aromatic rings. The van der Waals surface area contributed by atoms with Crippen LogP contribution in [0, 0.1) is 27.7 Å². The SMILES string of the molecule is Cc1ccc(N2c3ccc(C)cc3B3c4cc(C)ccc4N(c4ccc(C)cc4)c4cc(N(c5ccc(C(C)C)cc5)c5cccc6c5oc5ccccc56)cc2c43)cc1. The van der Waals surface area contributed by atoms with Crippen LogP contribution in [0.5, 0.6) is 0 Å². The molecular formula is C55H46BN3O. The van der Waals surface area contributed by atoms with Gasteiger partial charge in [0.05, 0.1) is 11.4 Å². The highest BCUT2D eigenvalue weighted by atomic mass is 16.3.